The molecule has 5 nitrogen and oxygen atoms in total. The van der Waals surface area contributed by atoms with Crippen molar-refractivity contribution in [3.63, 3.8) is 0 Å². The van der Waals surface area contributed by atoms with E-state index in [1.165, 1.54) is 0 Å². The number of nitrogens with one attached hydrogen (secondary N) is 1. The number of carbonyl (C=O) groups is 1. The first kappa shape index (κ1) is 12.5. The summed E-state index contributed by atoms with van der Waals surface area (Å²) in [5, 5.41) is 3.12. The largest absolute Gasteiger partial charge is 0.465 e. The quantitative estimate of drug-likeness (QED) is 0.691. The van der Waals surface area contributed by atoms with Crippen molar-refractivity contribution in [2.45, 2.75) is 13.2 Å². The Morgan fingerprint density at radius 3 is 3.00 bits per heavy atom. The molecule has 112 valence electrons. The maximum Gasteiger partial charge on any atom is 0.211 e. The first-order valence-corrected chi connectivity index (χ1v) is 7.48. The van der Waals surface area contributed by atoms with Crippen LogP contribution in [0.5, 0.6) is 5.75 Å². The summed E-state index contributed by atoms with van der Waals surface area (Å²) < 4.78 is 8.08. The van der Waals surface area contributed by atoms with Crippen molar-refractivity contribution in [1.82, 2.24) is 9.55 Å². The van der Waals surface area contributed by atoms with Gasteiger partial charge in [-0.3, -0.25) is 9.36 Å². The van der Waals surface area contributed by atoms with Crippen LogP contribution in [0, 0.1) is 6.92 Å². The standard InChI is InChI=1S/C18H13N3O2/c1-10-6-7-15-11(8-10)16(22)12-9-19-18-20-13-4-2-3-5-14(13)21(18)17(12)23-15/h2-9,17H,1H3,(H,19,20). The van der Waals surface area contributed by atoms with E-state index in [-0.39, 0.29) is 5.78 Å². The smallest absolute Gasteiger partial charge is 0.211 e. The van der Waals surface area contributed by atoms with Crippen LogP contribution in [0.3, 0.4) is 0 Å². The number of para-hydroxylation sites is 2. The van der Waals surface area contributed by atoms with Crippen LogP contribution in [0.4, 0.5) is 5.95 Å². The Hall–Kier alpha value is -3.08. The molecule has 5 rings (SSSR count). The lowest BCUT2D eigenvalue weighted by Crippen LogP contribution is -2.32. The predicted molar refractivity (Wildman–Crippen MR) is 86.6 cm³/mol. The molecule has 23 heavy (non-hydrogen) atoms. The lowest BCUT2D eigenvalue weighted by molar-refractivity contribution is 0.0901. The Balaban J connectivity index is 1.74. The van der Waals surface area contributed by atoms with E-state index in [1.54, 1.807) is 6.20 Å². The SMILES string of the molecule is Cc1ccc2c(c1)C(=O)C1=CNc3nc4ccccc4n3C1O2. The Morgan fingerprint density at radius 2 is 2.09 bits per heavy atom. The summed E-state index contributed by atoms with van der Waals surface area (Å²) in [4.78, 5) is 17.4. The Kier molecular flexibility index (Phi) is 2.29. The van der Waals surface area contributed by atoms with E-state index in [9.17, 15) is 4.79 Å². The van der Waals surface area contributed by atoms with Crippen molar-refractivity contribution < 1.29 is 9.53 Å². The number of Topliss-reactive ketones (excluding diaryl/α,β-unsaturated/α-hetero) is 1. The summed E-state index contributed by atoms with van der Waals surface area (Å²) in [7, 11) is 0. The van der Waals surface area contributed by atoms with Gasteiger partial charge in [-0.15, -0.1) is 0 Å². The van der Waals surface area contributed by atoms with E-state index in [4.69, 9.17) is 4.74 Å². The maximum atomic E-state index is 12.8. The van der Waals surface area contributed by atoms with Crippen molar-refractivity contribution in [3.8, 4) is 5.75 Å². The number of ether oxygens (including phenoxy) is 1. The number of nitrogens with zero attached hydrogens (tertiary/aromatic N) is 2. The van der Waals surface area contributed by atoms with Crippen LogP contribution in [0.25, 0.3) is 11.0 Å². The normalized spacial score (nSPS) is 18.4. The van der Waals surface area contributed by atoms with Crippen molar-refractivity contribution in [3.05, 3.63) is 65.4 Å². The first-order valence-electron chi connectivity index (χ1n) is 7.48. The molecule has 0 fully saturated rings. The third-order valence-electron chi connectivity index (χ3n) is 4.33. The summed E-state index contributed by atoms with van der Waals surface area (Å²) in [6.07, 6.45) is 1.22. The van der Waals surface area contributed by atoms with Gasteiger partial charge in [0.25, 0.3) is 0 Å². The number of hydrogen-bond donors (Lipinski definition) is 1. The van der Waals surface area contributed by atoms with E-state index in [0.717, 1.165) is 16.6 Å². The molecule has 0 spiro atoms. The van der Waals surface area contributed by atoms with E-state index in [1.807, 2.05) is 54.0 Å². The number of imidazole rings is 1. The minimum Gasteiger partial charge on any atom is -0.465 e. The van der Waals surface area contributed by atoms with Crippen LogP contribution in [0.1, 0.15) is 22.1 Å². The molecule has 0 aliphatic carbocycles. The molecule has 5 heteroatoms. The molecule has 1 aromatic heterocycles. The van der Waals surface area contributed by atoms with Gasteiger partial charge in [0.05, 0.1) is 22.2 Å². The topological polar surface area (TPSA) is 56.2 Å². The molecule has 0 bridgehead atoms. The number of carbonyl (C=O) groups excluding carboxylic acids is 1. The molecule has 0 amide bonds. The number of aryl methyl sites for hydroxylation is 1. The van der Waals surface area contributed by atoms with Gasteiger partial charge in [-0.2, -0.15) is 0 Å². The molecule has 3 aromatic rings. The third kappa shape index (κ3) is 1.61. The highest BCUT2D eigenvalue weighted by Crippen LogP contribution is 2.40. The van der Waals surface area contributed by atoms with Gasteiger partial charge in [0.1, 0.15) is 5.75 Å². The van der Waals surface area contributed by atoms with Crippen LogP contribution in [-0.2, 0) is 0 Å². The van der Waals surface area contributed by atoms with Gasteiger partial charge in [-0.05, 0) is 31.2 Å². The molecule has 0 saturated heterocycles. The summed E-state index contributed by atoms with van der Waals surface area (Å²) in [5.41, 5.74) is 4.06. The van der Waals surface area contributed by atoms with Gasteiger partial charge in [0.15, 0.2) is 5.78 Å². The van der Waals surface area contributed by atoms with Gasteiger partial charge in [0.2, 0.25) is 12.2 Å². The molecule has 2 aliphatic rings. The zero-order valence-electron chi connectivity index (χ0n) is 12.4. The summed E-state index contributed by atoms with van der Waals surface area (Å²) in [5.74, 6) is 1.30. The van der Waals surface area contributed by atoms with E-state index >= 15 is 0 Å². The van der Waals surface area contributed by atoms with Crippen molar-refractivity contribution in [1.29, 1.82) is 0 Å². The molecule has 2 aromatic carbocycles. The van der Waals surface area contributed by atoms with Crippen LogP contribution in [0.2, 0.25) is 0 Å². The Labute approximate surface area is 132 Å². The number of aromatic nitrogens is 2. The molecule has 1 atom stereocenters. The molecular formula is C18H13N3O2. The van der Waals surface area contributed by atoms with Crippen molar-refractivity contribution in [2.75, 3.05) is 5.32 Å². The molecule has 3 heterocycles. The number of anilines is 1. The van der Waals surface area contributed by atoms with E-state index in [0.29, 0.717) is 22.8 Å². The second-order valence-corrected chi connectivity index (χ2v) is 5.84. The maximum absolute atomic E-state index is 12.8. The highest BCUT2D eigenvalue weighted by atomic mass is 16.5. The van der Waals surface area contributed by atoms with Crippen LogP contribution >= 0.6 is 0 Å². The first-order chi connectivity index (χ1) is 11.2. The molecule has 1 unspecified atom stereocenters. The van der Waals surface area contributed by atoms with E-state index in [2.05, 4.69) is 10.3 Å². The summed E-state index contributed by atoms with van der Waals surface area (Å²) in [6, 6.07) is 13.5. The number of fused-ring (bicyclic) bond motifs is 6. The average Bonchev–Trinajstić information content (AvgIpc) is 2.94. The monoisotopic (exact) mass is 303 g/mol. The summed E-state index contributed by atoms with van der Waals surface area (Å²) >= 11 is 0. The van der Waals surface area contributed by atoms with E-state index < -0.39 is 6.23 Å². The molecule has 1 N–H and O–H groups in total. The van der Waals surface area contributed by atoms with Gasteiger partial charge >= 0.3 is 0 Å². The van der Waals surface area contributed by atoms with Crippen LogP contribution in [0.15, 0.2) is 54.2 Å². The van der Waals surface area contributed by atoms with Gasteiger partial charge < -0.3 is 10.1 Å². The second-order valence-electron chi connectivity index (χ2n) is 5.84. The predicted octanol–water partition coefficient (Wildman–Crippen LogP) is 3.43. The van der Waals surface area contributed by atoms with Gasteiger partial charge in [0, 0.05) is 6.20 Å². The zero-order valence-corrected chi connectivity index (χ0v) is 12.4. The zero-order chi connectivity index (χ0) is 15.6. The minimum atomic E-state index is -0.485. The van der Waals surface area contributed by atoms with Gasteiger partial charge in [-0.1, -0.05) is 23.8 Å². The lowest BCUT2D eigenvalue weighted by Gasteiger charge is -2.32. The fraction of sp³-hybridized carbons (Fsp3) is 0.111. The molecule has 0 saturated carbocycles. The molecule has 2 aliphatic heterocycles. The Bertz CT molecular complexity index is 1020. The van der Waals surface area contributed by atoms with Gasteiger partial charge in [-0.25, -0.2) is 4.98 Å². The fourth-order valence-electron chi connectivity index (χ4n) is 3.23. The third-order valence-corrected chi connectivity index (χ3v) is 4.33. The number of hydrogen-bond acceptors (Lipinski definition) is 4. The number of benzene rings is 2. The lowest BCUT2D eigenvalue weighted by atomic mass is 9.96. The molecular weight excluding hydrogens is 290 g/mol. The number of ketones is 1. The minimum absolute atomic E-state index is 0.00381. The molecule has 0 radical (unpaired) electrons. The average molecular weight is 303 g/mol. The fourth-order valence-corrected chi connectivity index (χ4v) is 3.23. The van der Waals surface area contributed by atoms with Crippen LogP contribution < -0.4 is 10.1 Å². The van der Waals surface area contributed by atoms with Crippen molar-refractivity contribution >= 4 is 22.8 Å². The van der Waals surface area contributed by atoms with Crippen LogP contribution in [-0.4, -0.2) is 15.3 Å². The highest BCUT2D eigenvalue weighted by Gasteiger charge is 2.37. The second kappa shape index (κ2) is 4.23. The highest BCUT2D eigenvalue weighted by molar-refractivity contribution is 6.12. The Morgan fingerprint density at radius 1 is 1.22 bits per heavy atom. The number of rotatable bonds is 0. The summed E-state index contributed by atoms with van der Waals surface area (Å²) in [6.45, 7) is 1.97. The van der Waals surface area contributed by atoms with Crippen molar-refractivity contribution in [2.24, 2.45) is 0 Å².